The molecule has 2 fully saturated rings. The maximum atomic E-state index is 13.6. The lowest BCUT2D eigenvalue weighted by Crippen LogP contribution is -2.41. The van der Waals surface area contributed by atoms with Crippen molar-refractivity contribution in [3.8, 4) is 11.3 Å². The topological polar surface area (TPSA) is 129 Å². The third-order valence-corrected chi connectivity index (χ3v) is 9.01. The summed E-state index contributed by atoms with van der Waals surface area (Å²) in [6.45, 7) is 5.70. The molecule has 2 aliphatic heterocycles. The first-order valence-electron chi connectivity index (χ1n) is 17.3. The number of piperidine rings is 1. The van der Waals surface area contributed by atoms with Crippen LogP contribution in [-0.2, 0) is 17.5 Å². The highest BCUT2D eigenvalue weighted by atomic mass is 19.4. The molecule has 2 aromatic heterocycles. The molecule has 52 heavy (non-hydrogen) atoms. The van der Waals surface area contributed by atoms with Crippen LogP contribution in [0, 0.1) is 0 Å². The summed E-state index contributed by atoms with van der Waals surface area (Å²) < 4.78 is 44.9. The molecule has 2 aliphatic rings. The number of ether oxygens (including phenoxy) is 1. The van der Waals surface area contributed by atoms with Gasteiger partial charge in [-0.25, -0.2) is 4.98 Å². The third kappa shape index (κ3) is 9.50. The maximum absolute atomic E-state index is 13.6. The predicted molar refractivity (Wildman–Crippen MR) is 190 cm³/mol. The van der Waals surface area contributed by atoms with E-state index in [-0.39, 0.29) is 29.4 Å². The highest BCUT2D eigenvalue weighted by Gasteiger charge is 2.30. The number of nitrogens with one attached hydrogen (secondary N) is 3. The van der Waals surface area contributed by atoms with Crippen molar-refractivity contribution < 1.29 is 32.3 Å². The van der Waals surface area contributed by atoms with E-state index in [0.29, 0.717) is 48.8 Å². The van der Waals surface area contributed by atoms with Crippen LogP contribution in [0.4, 0.5) is 24.5 Å². The van der Waals surface area contributed by atoms with E-state index in [1.165, 1.54) is 30.5 Å². The number of halogens is 3. The van der Waals surface area contributed by atoms with Crippen molar-refractivity contribution in [1.82, 2.24) is 25.5 Å². The first-order valence-corrected chi connectivity index (χ1v) is 17.3. The zero-order valence-electron chi connectivity index (χ0n) is 28.5. The molecule has 0 saturated carbocycles. The molecule has 0 spiro atoms. The summed E-state index contributed by atoms with van der Waals surface area (Å²) in [6, 6.07) is 18.2. The molecular weight excluding hydrogens is 675 g/mol. The van der Waals surface area contributed by atoms with Crippen LogP contribution in [0.5, 0.6) is 0 Å². The zero-order chi connectivity index (χ0) is 36.5. The lowest BCUT2D eigenvalue weighted by molar-refractivity contribution is -0.137. The van der Waals surface area contributed by atoms with Crippen LogP contribution in [-0.4, -0.2) is 85.1 Å². The number of nitrogens with zero attached hydrogens (tertiary/aromatic N) is 4. The molecule has 0 atom stereocenters. The fraction of sp³-hybridized carbons (Fsp3) is 0.342. The van der Waals surface area contributed by atoms with Gasteiger partial charge in [0, 0.05) is 68.8 Å². The molecule has 11 nitrogen and oxygen atoms in total. The Morgan fingerprint density at radius 1 is 0.788 bits per heavy atom. The number of carbonyl (C=O) groups excluding carboxylic acids is 3. The Morgan fingerprint density at radius 2 is 1.54 bits per heavy atom. The molecule has 0 unspecified atom stereocenters. The van der Waals surface area contributed by atoms with Crippen molar-refractivity contribution in [2.45, 2.75) is 32.0 Å². The molecule has 0 radical (unpaired) electrons. The summed E-state index contributed by atoms with van der Waals surface area (Å²) in [6.07, 6.45) is 0.227. The smallest absolute Gasteiger partial charge is 0.379 e. The molecule has 2 saturated heterocycles. The molecular formula is C38H40F3N7O4. The van der Waals surface area contributed by atoms with Crippen molar-refractivity contribution in [3.05, 3.63) is 107 Å². The zero-order valence-corrected chi connectivity index (χ0v) is 28.5. The van der Waals surface area contributed by atoms with Gasteiger partial charge in [-0.2, -0.15) is 13.2 Å². The summed E-state index contributed by atoms with van der Waals surface area (Å²) in [4.78, 5) is 53.0. The molecule has 6 rings (SSSR count). The second kappa shape index (κ2) is 16.8. The van der Waals surface area contributed by atoms with Crippen LogP contribution in [0.25, 0.3) is 11.3 Å². The van der Waals surface area contributed by atoms with Crippen molar-refractivity contribution in [2.75, 3.05) is 62.7 Å². The van der Waals surface area contributed by atoms with Gasteiger partial charge < -0.3 is 25.6 Å². The fourth-order valence-electron chi connectivity index (χ4n) is 6.18. The van der Waals surface area contributed by atoms with E-state index >= 15 is 0 Å². The minimum atomic E-state index is -4.49. The summed E-state index contributed by atoms with van der Waals surface area (Å²) >= 11 is 0. The lowest BCUT2D eigenvalue weighted by atomic mass is 10.0. The number of anilines is 2. The van der Waals surface area contributed by atoms with Gasteiger partial charge in [0.15, 0.2) is 0 Å². The summed E-state index contributed by atoms with van der Waals surface area (Å²) in [5.74, 6) is -1.42. The van der Waals surface area contributed by atoms with Gasteiger partial charge in [0.2, 0.25) is 0 Å². The molecule has 4 heterocycles. The minimum Gasteiger partial charge on any atom is -0.379 e. The van der Waals surface area contributed by atoms with Crippen molar-refractivity contribution in [2.24, 2.45) is 0 Å². The number of hydrogen-bond donors (Lipinski definition) is 3. The monoisotopic (exact) mass is 715 g/mol. The Bertz CT molecular complexity index is 1890. The Labute approximate surface area is 299 Å². The van der Waals surface area contributed by atoms with Crippen LogP contribution >= 0.6 is 0 Å². The van der Waals surface area contributed by atoms with E-state index in [4.69, 9.17) is 4.74 Å². The van der Waals surface area contributed by atoms with E-state index in [1.807, 2.05) is 12.1 Å². The molecule has 272 valence electrons. The van der Waals surface area contributed by atoms with Crippen molar-refractivity contribution >= 4 is 29.1 Å². The molecule has 14 heteroatoms. The van der Waals surface area contributed by atoms with E-state index < -0.39 is 23.6 Å². The van der Waals surface area contributed by atoms with Gasteiger partial charge in [-0.1, -0.05) is 18.2 Å². The maximum Gasteiger partial charge on any atom is 0.416 e. The van der Waals surface area contributed by atoms with E-state index in [0.717, 1.165) is 63.3 Å². The number of carbonyl (C=O) groups is 3. The minimum absolute atomic E-state index is 0.0440. The number of morpholine rings is 1. The van der Waals surface area contributed by atoms with Gasteiger partial charge in [-0.05, 0) is 79.4 Å². The number of amides is 3. The number of hydrogen-bond acceptors (Lipinski definition) is 8. The fourth-order valence-corrected chi connectivity index (χ4v) is 6.18. The summed E-state index contributed by atoms with van der Waals surface area (Å²) in [7, 11) is 0. The average Bonchev–Trinajstić information content (AvgIpc) is 3.17. The molecule has 0 bridgehead atoms. The van der Waals surface area contributed by atoms with Crippen molar-refractivity contribution in [3.63, 3.8) is 0 Å². The van der Waals surface area contributed by atoms with Gasteiger partial charge in [0.05, 0.1) is 30.2 Å². The van der Waals surface area contributed by atoms with Crippen molar-refractivity contribution in [1.29, 1.82) is 0 Å². The third-order valence-electron chi connectivity index (χ3n) is 9.01. The van der Waals surface area contributed by atoms with Gasteiger partial charge in [-0.3, -0.25) is 24.3 Å². The van der Waals surface area contributed by atoms with Crippen LogP contribution in [0.2, 0.25) is 0 Å². The Kier molecular flexibility index (Phi) is 11.8. The van der Waals surface area contributed by atoms with Gasteiger partial charge in [0.1, 0.15) is 11.4 Å². The summed E-state index contributed by atoms with van der Waals surface area (Å²) in [5, 5.41) is 8.47. The molecule has 0 aliphatic carbocycles. The normalized spacial score (nSPS) is 15.2. The SMILES string of the molecule is O=C(NCc1cccc(C(F)(F)F)c1)c1ccnc(-c2cc(N3CCCCC3)ccc2NC(=O)c2cccc(C(=O)NCCN3CCOCC3)n2)c1. The highest BCUT2D eigenvalue weighted by molar-refractivity contribution is 6.06. The van der Waals surface area contributed by atoms with Crippen LogP contribution in [0.15, 0.2) is 79.0 Å². The molecule has 4 aromatic rings. The van der Waals surface area contributed by atoms with Gasteiger partial charge >= 0.3 is 6.18 Å². The standard InChI is InChI=1S/C38H40F3N7O4/c39-38(40,41)28-7-4-6-26(22-28)25-44-35(49)27-12-13-42-34(23-27)30-24-29(48-15-2-1-3-16-48)10-11-31(30)46-37(51)33-9-5-8-32(45-33)36(50)43-14-17-47-18-20-52-21-19-47/h4-13,22-24H,1-3,14-21,25H2,(H,43,50)(H,44,49)(H,46,51). The van der Waals surface area contributed by atoms with E-state index in [9.17, 15) is 27.6 Å². The largest absolute Gasteiger partial charge is 0.416 e. The number of benzene rings is 2. The Morgan fingerprint density at radius 3 is 2.31 bits per heavy atom. The van der Waals surface area contributed by atoms with E-state index in [1.54, 1.807) is 24.3 Å². The van der Waals surface area contributed by atoms with Gasteiger partial charge in [-0.15, -0.1) is 0 Å². The Hall–Kier alpha value is -5.34. The second-order valence-corrected chi connectivity index (χ2v) is 12.7. The Balaban J connectivity index is 1.19. The molecule has 2 aromatic carbocycles. The number of rotatable bonds is 11. The van der Waals surface area contributed by atoms with Crippen LogP contribution in [0.1, 0.15) is 61.7 Å². The van der Waals surface area contributed by atoms with Crippen LogP contribution < -0.4 is 20.9 Å². The predicted octanol–water partition coefficient (Wildman–Crippen LogP) is 5.40. The number of pyridine rings is 2. The number of alkyl halides is 3. The second-order valence-electron chi connectivity index (χ2n) is 12.7. The quantitative estimate of drug-likeness (QED) is 0.189. The first-order chi connectivity index (χ1) is 25.1. The lowest BCUT2D eigenvalue weighted by Gasteiger charge is -2.29. The average molecular weight is 716 g/mol. The van der Waals surface area contributed by atoms with E-state index in [2.05, 4.69) is 35.7 Å². The van der Waals surface area contributed by atoms with Gasteiger partial charge in [0.25, 0.3) is 17.7 Å². The highest BCUT2D eigenvalue weighted by Crippen LogP contribution is 2.33. The summed E-state index contributed by atoms with van der Waals surface area (Å²) in [5.41, 5.74) is 2.22. The number of aromatic nitrogens is 2. The first kappa shape index (κ1) is 36.5. The molecule has 3 N–H and O–H groups in total. The molecule has 3 amide bonds. The van der Waals surface area contributed by atoms with Crippen LogP contribution in [0.3, 0.4) is 0 Å².